The van der Waals surface area contributed by atoms with Gasteiger partial charge < -0.3 is 9.47 Å². The summed E-state index contributed by atoms with van der Waals surface area (Å²) in [5.74, 6) is 0.670. The van der Waals surface area contributed by atoms with Crippen LogP contribution in [0, 0.1) is 0 Å². The largest absolute Gasteiger partial charge is 0.491 e. The van der Waals surface area contributed by atoms with Crippen molar-refractivity contribution in [2.75, 3.05) is 13.2 Å². The van der Waals surface area contributed by atoms with Crippen LogP contribution in [-0.2, 0) is 4.74 Å². The van der Waals surface area contributed by atoms with Gasteiger partial charge in [-0.15, -0.1) is 11.3 Å². The highest BCUT2D eigenvalue weighted by molar-refractivity contribution is 7.17. The van der Waals surface area contributed by atoms with Crippen LogP contribution in [0.25, 0.3) is 10.1 Å². The highest BCUT2D eigenvalue weighted by Gasteiger charge is 2.02. The van der Waals surface area contributed by atoms with Crippen molar-refractivity contribution >= 4 is 21.4 Å². The molecule has 2 nitrogen and oxygen atoms in total. The average Bonchev–Trinajstić information content (AvgIpc) is 2.71. The molecule has 0 saturated heterocycles. The van der Waals surface area contributed by atoms with Crippen molar-refractivity contribution in [1.82, 2.24) is 0 Å². The van der Waals surface area contributed by atoms with Crippen molar-refractivity contribution in [2.45, 2.75) is 6.61 Å². The molecule has 0 N–H and O–H groups in total. The number of halogens is 2. The topological polar surface area (TPSA) is 18.5 Å². The fraction of sp³-hybridized carbons (Fsp3) is 0.273. The third kappa shape index (κ3) is 2.90. The molecule has 1 heterocycles. The lowest BCUT2D eigenvalue weighted by Gasteiger charge is -2.06. The number of ether oxygens (including phenoxy) is 2. The lowest BCUT2D eigenvalue weighted by molar-refractivity contribution is -0.133. The van der Waals surface area contributed by atoms with E-state index in [4.69, 9.17) is 4.74 Å². The zero-order chi connectivity index (χ0) is 11.4. The minimum absolute atomic E-state index is 0.112. The molecular formula is C11H10F2O2S. The van der Waals surface area contributed by atoms with E-state index in [1.165, 1.54) is 4.70 Å². The first kappa shape index (κ1) is 11.3. The van der Waals surface area contributed by atoms with Gasteiger partial charge in [-0.3, -0.25) is 0 Å². The van der Waals surface area contributed by atoms with Crippen LogP contribution >= 0.6 is 11.3 Å². The van der Waals surface area contributed by atoms with E-state index in [1.54, 1.807) is 11.3 Å². The molecule has 0 atom stereocenters. The molecular weight excluding hydrogens is 234 g/mol. The fourth-order valence-corrected chi connectivity index (χ4v) is 2.10. The Morgan fingerprint density at radius 3 is 2.88 bits per heavy atom. The Kier molecular flexibility index (Phi) is 3.69. The molecule has 0 aliphatic rings. The number of alkyl halides is 2. The maximum atomic E-state index is 11.7. The molecule has 0 radical (unpaired) electrons. The predicted octanol–water partition coefficient (Wildman–Crippen LogP) is 3.52. The van der Waals surface area contributed by atoms with Crippen molar-refractivity contribution in [3.8, 4) is 5.75 Å². The van der Waals surface area contributed by atoms with E-state index in [9.17, 15) is 8.78 Å². The Balaban J connectivity index is 1.89. The molecule has 2 rings (SSSR count). The second-order valence-corrected chi connectivity index (χ2v) is 4.05. The summed E-state index contributed by atoms with van der Waals surface area (Å²) in [4.78, 5) is 0. The molecule has 0 aliphatic carbocycles. The molecule has 2 aromatic rings. The van der Waals surface area contributed by atoms with Crippen molar-refractivity contribution in [1.29, 1.82) is 0 Å². The van der Waals surface area contributed by atoms with Crippen molar-refractivity contribution in [3.63, 3.8) is 0 Å². The van der Waals surface area contributed by atoms with Gasteiger partial charge in [0, 0.05) is 4.70 Å². The Bertz CT molecular complexity index is 456. The van der Waals surface area contributed by atoms with Crippen LogP contribution in [0.4, 0.5) is 8.78 Å². The molecule has 1 aromatic heterocycles. The highest BCUT2D eigenvalue weighted by Crippen LogP contribution is 2.25. The lowest BCUT2D eigenvalue weighted by Crippen LogP contribution is -2.09. The fourth-order valence-electron chi connectivity index (χ4n) is 1.33. The number of benzene rings is 1. The molecule has 5 heteroatoms. The number of fused-ring (bicyclic) bond motifs is 1. The van der Waals surface area contributed by atoms with E-state index in [1.807, 2.05) is 29.6 Å². The molecule has 0 spiro atoms. The maximum Gasteiger partial charge on any atom is 0.345 e. The molecule has 0 unspecified atom stereocenters. The summed E-state index contributed by atoms with van der Waals surface area (Å²) < 4.78 is 33.8. The standard InChI is InChI=1S/C11H10F2O2S/c12-11(13)15-5-4-14-9-1-2-10-8(7-9)3-6-16-10/h1-3,6-7,11H,4-5H2. The van der Waals surface area contributed by atoms with Crippen molar-refractivity contribution in [2.24, 2.45) is 0 Å². The van der Waals surface area contributed by atoms with E-state index < -0.39 is 6.61 Å². The second kappa shape index (κ2) is 5.23. The van der Waals surface area contributed by atoms with Crippen LogP contribution in [-0.4, -0.2) is 19.8 Å². The van der Waals surface area contributed by atoms with E-state index in [0.29, 0.717) is 5.75 Å². The van der Waals surface area contributed by atoms with Gasteiger partial charge >= 0.3 is 6.61 Å². The summed E-state index contributed by atoms with van der Waals surface area (Å²) in [7, 11) is 0. The average molecular weight is 244 g/mol. The molecule has 0 saturated carbocycles. The maximum absolute atomic E-state index is 11.7. The van der Waals surface area contributed by atoms with E-state index in [-0.39, 0.29) is 13.2 Å². The molecule has 1 aromatic carbocycles. The number of thiophene rings is 1. The minimum Gasteiger partial charge on any atom is -0.491 e. The predicted molar refractivity (Wildman–Crippen MR) is 59.3 cm³/mol. The quantitative estimate of drug-likeness (QED) is 0.749. The van der Waals surface area contributed by atoms with Crippen LogP contribution in [0.3, 0.4) is 0 Å². The van der Waals surface area contributed by atoms with Gasteiger partial charge in [0.2, 0.25) is 0 Å². The Labute approximate surface area is 95.4 Å². The highest BCUT2D eigenvalue weighted by atomic mass is 32.1. The van der Waals surface area contributed by atoms with Gasteiger partial charge in [0.15, 0.2) is 0 Å². The second-order valence-electron chi connectivity index (χ2n) is 3.10. The normalized spacial score (nSPS) is 11.2. The number of hydrogen-bond donors (Lipinski definition) is 0. The molecule has 0 bridgehead atoms. The minimum atomic E-state index is -2.73. The smallest absolute Gasteiger partial charge is 0.345 e. The number of rotatable bonds is 5. The Hall–Kier alpha value is -1.20. The Morgan fingerprint density at radius 1 is 1.19 bits per heavy atom. The zero-order valence-corrected chi connectivity index (χ0v) is 9.18. The van der Waals surface area contributed by atoms with Gasteiger partial charge in [0.25, 0.3) is 0 Å². The SMILES string of the molecule is FC(F)OCCOc1ccc2sccc2c1. The molecule has 16 heavy (non-hydrogen) atoms. The first-order valence-corrected chi connectivity index (χ1v) is 5.63. The summed E-state index contributed by atoms with van der Waals surface area (Å²) >= 11 is 1.65. The van der Waals surface area contributed by atoms with Crippen LogP contribution in [0.15, 0.2) is 29.6 Å². The molecule has 0 fully saturated rings. The molecule has 0 amide bonds. The van der Waals surface area contributed by atoms with Gasteiger partial charge in [-0.2, -0.15) is 8.78 Å². The third-order valence-corrected chi connectivity index (χ3v) is 2.92. The lowest BCUT2D eigenvalue weighted by atomic mass is 10.2. The van der Waals surface area contributed by atoms with E-state index >= 15 is 0 Å². The summed E-state index contributed by atoms with van der Waals surface area (Å²) in [5, 5.41) is 3.09. The van der Waals surface area contributed by atoms with E-state index in [0.717, 1.165) is 5.39 Å². The van der Waals surface area contributed by atoms with Crippen molar-refractivity contribution in [3.05, 3.63) is 29.6 Å². The third-order valence-electron chi connectivity index (χ3n) is 2.02. The van der Waals surface area contributed by atoms with Gasteiger partial charge in [0.1, 0.15) is 12.4 Å². The summed E-state index contributed by atoms with van der Waals surface area (Å²) in [6.07, 6.45) is 0. The summed E-state index contributed by atoms with van der Waals surface area (Å²) in [5.41, 5.74) is 0. The molecule has 0 aliphatic heterocycles. The van der Waals surface area contributed by atoms with Crippen LogP contribution in [0.1, 0.15) is 0 Å². The van der Waals surface area contributed by atoms with Gasteiger partial charge in [-0.05, 0) is 35.0 Å². The van der Waals surface area contributed by atoms with Crippen LogP contribution in [0.2, 0.25) is 0 Å². The summed E-state index contributed by atoms with van der Waals surface area (Å²) in [6.45, 7) is -2.72. The van der Waals surface area contributed by atoms with Gasteiger partial charge in [0.05, 0.1) is 6.61 Å². The van der Waals surface area contributed by atoms with Gasteiger partial charge in [-0.25, -0.2) is 0 Å². The first-order valence-electron chi connectivity index (χ1n) is 4.75. The monoisotopic (exact) mass is 244 g/mol. The van der Waals surface area contributed by atoms with Gasteiger partial charge in [-0.1, -0.05) is 0 Å². The van der Waals surface area contributed by atoms with E-state index in [2.05, 4.69) is 4.74 Å². The zero-order valence-electron chi connectivity index (χ0n) is 8.36. The van der Waals surface area contributed by atoms with Crippen molar-refractivity contribution < 1.29 is 18.3 Å². The Morgan fingerprint density at radius 2 is 2.06 bits per heavy atom. The van der Waals surface area contributed by atoms with Crippen LogP contribution in [0.5, 0.6) is 5.75 Å². The summed E-state index contributed by atoms with van der Waals surface area (Å²) in [6, 6.07) is 7.64. The first-order chi connectivity index (χ1) is 7.75. The molecule has 86 valence electrons. The van der Waals surface area contributed by atoms with Crippen LogP contribution < -0.4 is 4.74 Å². The number of hydrogen-bond acceptors (Lipinski definition) is 3.